The van der Waals surface area contributed by atoms with E-state index in [1.54, 1.807) is 48.8 Å². The van der Waals surface area contributed by atoms with Gasteiger partial charge in [0.05, 0.1) is 10.7 Å². The summed E-state index contributed by atoms with van der Waals surface area (Å²) >= 11 is 19.1. The van der Waals surface area contributed by atoms with E-state index in [9.17, 15) is 10.2 Å². The normalized spacial score (nSPS) is 7.69. The molecule has 356 valence electrons. The van der Waals surface area contributed by atoms with E-state index in [-0.39, 0.29) is 82.6 Å². The van der Waals surface area contributed by atoms with E-state index in [4.69, 9.17) is 96.2 Å². The predicted octanol–water partition coefficient (Wildman–Crippen LogP) is -2.99. The standard InChI is InChI=1S/2C11H16N2O.4C2H4O2.2CH2Cl2.2CH4O.3Ni.2H2O/c2*1-12-7-4-8-13-9-10-5-2-3-6-11(10)14;4*1-2(3)4;2*2-1-3;2*1-2;;;;;/h2*2-3,5-6,9,12,14H,4,7-8H2,1H3;4*1H3,(H,3,4);2*1H2;2*2H,1H3;;;;2*1H2/q;;;;;;;;;;3*+2;;/p-6. The summed E-state index contributed by atoms with van der Waals surface area (Å²) in [6.45, 7) is 7.32. The molecule has 0 amide bonds. The molecule has 0 aliphatic rings. The molecule has 0 aliphatic carbocycles. The number of benzene rings is 2. The maximum absolute atomic E-state index is 11.2. The van der Waals surface area contributed by atoms with Crippen LogP contribution in [0.5, 0.6) is 11.5 Å². The Hall–Kier alpha value is -2.34. The van der Waals surface area contributed by atoms with E-state index in [1.165, 1.54) is 0 Å². The van der Waals surface area contributed by atoms with Gasteiger partial charge in [-0.3, -0.25) is 9.98 Å². The van der Waals surface area contributed by atoms with Gasteiger partial charge in [-0.2, -0.15) is 0 Å². The number of halogens is 4. The van der Waals surface area contributed by atoms with E-state index < -0.39 is 23.9 Å². The number of nitrogens with one attached hydrogen (secondary N) is 2. The third-order valence-electron chi connectivity index (χ3n) is 3.73. The van der Waals surface area contributed by atoms with Gasteiger partial charge >= 0.3 is 49.5 Å². The molecular formula is C34H58Cl4N4Ni3O14. The van der Waals surface area contributed by atoms with Crippen LogP contribution in [-0.4, -0.2) is 123 Å². The first kappa shape index (κ1) is 92.1. The third-order valence-corrected chi connectivity index (χ3v) is 3.73. The molecular weight excluding hydrogens is 1010 g/mol. The van der Waals surface area contributed by atoms with Gasteiger partial charge in [0.1, 0.15) is 0 Å². The molecule has 0 fully saturated rings. The van der Waals surface area contributed by atoms with Crippen molar-refractivity contribution in [2.75, 3.05) is 65.2 Å². The number of nitrogens with zero attached hydrogens (tertiary/aromatic N) is 2. The van der Waals surface area contributed by atoms with E-state index in [0.29, 0.717) is 11.1 Å². The summed E-state index contributed by atoms with van der Waals surface area (Å²) in [6, 6.07) is 13.8. The van der Waals surface area contributed by atoms with Crippen molar-refractivity contribution in [1.29, 1.82) is 0 Å². The van der Waals surface area contributed by atoms with E-state index in [2.05, 4.69) is 20.6 Å². The quantitative estimate of drug-likeness (QED) is 0.0798. The predicted molar refractivity (Wildman–Crippen MR) is 213 cm³/mol. The fourth-order valence-electron chi connectivity index (χ4n) is 2.19. The van der Waals surface area contributed by atoms with Crippen LogP contribution in [0.1, 0.15) is 51.7 Å². The van der Waals surface area contributed by atoms with Crippen molar-refractivity contribution in [3.05, 3.63) is 59.7 Å². The molecule has 18 nitrogen and oxygen atoms in total. The molecule has 2 aromatic rings. The average Bonchev–Trinajstić information content (AvgIpc) is 3.08. The SMILES string of the molecule is CC(=O)[O-].CC(=O)[O-].CC(=O)[O-].CC(=O)[O-].CNCCCN=Cc1ccccc1[O-].CNCCCN=Cc1ccccc1[O-].CO.CO.ClCCl.ClCCl.O.O.[Ni+2].[Ni+2].[Ni+2]. The Balaban J connectivity index is -0.0000000396. The minimum Gasteiger partial charge on any atom is -0.872 e. The largest absolute Gasteiger partial charge is 2.00 e. The van der Waals surface area contributed by atoms with Gasteiger partial charge in [-0.15, -0.1) is 57.9 Å². The minimum absolute atomic E-state index is 0. The second-order valence-electron chi connectivity index (χ2n) is 8.23. The first-order valence-electron chi connectivity index (χ1n) is 15.1. The van der Waals surface area contributed by atoms with Gasteiger partial charge in [0.2, 0.25) is 0 Å². The molecule has 2 aromatic carbocycles. The van der Waals surface area contributed by atoms with Crippen LogP contribution in [-0.2, 0) is 68.7 Å². The Morgan fingerprint density at radius 1 is 0.559 bits per heavy atom. The summed E-state index contributed by atoms with van der Waals surface area (Å²) in [4.78, 5) is 43.9. The molecule has 0 spiro atoms. The number of aliphatic carboxylic acids is 4. The van der Waals surface area contributed by atoms with E-state index in [0.717, 1.165) is 80.9 Å². The topological polar surface area (TPSA) is 359 Å². The van der Waals surface area contributed by atoms with Crippen LogP contribution in [0.2, 0.25) is 0 Å². The smallest absolute Gasteiger partial charge is 0.872 e. The molecule has 0 atom stereocenters. The Kier molecular flexibility index (Phi) is 136. The molecule has 0 aliphatic heterocycles. The van der Waals surface area contributed by atoms with Crippen molar-refractivity contribution in [3.63, 3.8) is 0 Å². The Morgan fingerprint density at radius 3 is 0.915 bits per heavy atom. The summed E-state index contributed by atoms with van der Waals surface area (Å²) in [5.41, 5.74) is 1.33. The number of hydrogen-bond donors (Lipinski definition) is 4. The molecule has 2 rings (SSSR count). The number of carbonyl (C=O) groups is 4. The number of carbonyl (C=O) groups excluding carboxylic acids is 4. The Labute approximate surface area is 398 Å². The first-order valence-corrected chi connectivity index (χ1v) is 17.2. The van der Waals surface area contributed by atoms with Crippen molar-refractivity contribution >= 4 is 82.7 Å². The van der Waals surface area contributed by atoms with Gasteiger partial charge in [-0.05, 0) is 78.8 Å². The number of carboxylic acids is 4. The van der Waals surface area contributed by atoms with Crippen molar-refractivity contribution in [3.8, 4) is 11.5 Å². The van der Waals surface area contributed by atoms with Crippen LogP contribution in [0, 0.1) is 0 Å². The average molecular weight is 1060 g/mol. The molecule has 0 bridgehead atoms. The zero-order valence-corrected chi connectivity index (χ0v) is 39.7. The van der Waals surface area contributed by atoms with E-state index in [1.807, 2.05) is 26.2 Å². The minimum atomic E-state index is -1.08. The molecule has 0 radical (unpaired) electrons. The van der Waals surface area contributed by atoms with Gasteiger partial charge in [-0.25, -0.2) is 0 Å². The number of alkyl halides is 4. The molecule has 0 aromatic heterocycles. The van der Waals surface area contributed by atoms with Gasteiger partial charge in [0, 0.05) is 63.6 Å². The van der Waals surface area contributed by atoms with Crippen molar-refractivity contribution in [2.45, 2.75) is 40.5 Å². The summed E-state index contributed by atoms with van der Waals surface area (Å²) in [5.74, 6) is -4.27. The van der Waals surface area contributed by atoms with Gasteiger partial charge < -0.3 is 81.6 Å². The maximum atomic E-state index is 11.2. The number of hydrogen-bond acceptors (Lipinski definition) is 16. The monoisotopic (exact) mass is 1060 g/mol. The molecule has 8 N–H and O–H groups in total. The Bertz CT molecular complexity index is 1050. The van der Waals surface area contributed by atoms with Gasteiger partial charge in [0.25, 0.3) is 0 Å². The third kappa shape index (κ3) is 141. The van der Waals surface area contributed by atoms with Gasteiger partial charge in [-0.1, -0.05) is 48.5 Å². The number of aliphatic imine (C=N–C) groups is 2. The van der Waals surface area contributed by atoms with Crippen LogP contribution in [0.4, 0.5) is 0 Å². The van der Waals surface area contributed by atoms with Crippen LogP contribution in [0.25, 0.3) is 0 Å². The van der Waals surface area contributed by atoms with Crippen molar-refractivity contribution < 1.29 is 120 Å². The van der Waals surface area contributed by atoms with E-state index >= 15 is 0 Å². The zero-order valence-electron chi connectivity index (χ0n) is 33.8. The van der Waals surface area contributed by atoms with Crippen molar-refractivity contribution in [2.24, 2.45) is 9.98 Å². The second-order valence-corrected chi connectivity index (χ2v) is 9.85. The molecule has 0 heterocycles. The molecule has 0 saturated heterocycles. The summed E-state index contributed by atoms with van der Waals surface area (Å²) in [7, 11) is 5.83. The summed E-state index contributed by atoms with van der Waals surface area (Å²) in [5, 5.41) is 78.5. The fourth-order valence-corrected chi connectivity index (χ4v) is 2.19. The number of para-hydroxylation sites is 2. The number of aliphatic hydroxyl groups excluding tert-OH is 2. The summed E-state index contributed by atoms with van der Waals surface area (Å²) in [6.07, 6.45) is 5.29. The number of aliphatic hydroxyl groups is 2. The van der Waals surface area contributed by atoms with Crippen LogP contribution < -0.4 is 41.3 Å². The maximum Gasteiger partial charge on any atom is 2.00 e. The second kappa shape index (κ2) is 87.2. The number of carboxylic acid groups (broad SMARTS) is 4. The van der Waals surface area contributed by atoms with Crippen molar-refractivity contribution in [1.82, 2.24) is 10.6 Å². The molecule has 25 heteroatoms. The number of rotatable bonds is 10. The molecule has 0 saturated carbocycles. The first-order chi connectivity index (χ1) is 25.4. The summed E-state index contributed by atoms with van der Waals surface area (Å²) < 4.78 is 0. The molecule has 59 heavy (non-hydrogen) atoms. The molecule has 0 unspecified atom stereocenters. The fraction of sp³-hybridized carbons (Fsp3) is 0.471. The Morgan fingerprint density at radius 2 is 0.746 bits per heavy atom. The zero-order chi connectivity index (χ0) is 44.2. The van der Waals surface area contributed by atoms with Gasteiger partial charge in [0.15, 0.2) is 0 Å². The van der Waals surface area contributed by atoms with Crippen LogP contribution in [0.15, 0.2) is 58.5 Å². The van der Waals surface area contributed by atoms with Crippen LogP contribution in [0.3, 0.4) is 0 Å². The van der Waals surface area contributed by atoms with Crippen LogP contribution >= 0.6 is 46.4 Å².